The van der Waals surface area contributed by atoms with Crippen LogP contribution in [-0.4, -0.2) is 27.4 Å². The highest BCUT2D eigenvalue weighted by atomic mass is 32.2. The van der Waals surface area contributed by atoms with Crippen molar-refractivity contribution in [3.63, 3.8) is 0 Å². The van der Waals surface area contributed by atoms with Crippen molar-refractivity contribution in [2.75, 3.05) is 17.5 Å². The van der Waals surface area contributed by atoms with Crippen LogP contribution in [-0.2, 0) is 10.0 Å². The van der Waals surface area contributed by atoms with Crippen molar-refractivity contribution in [2.24, 2.45) is 0 Å². The van der Waals surface area contributed by atoms with E-state index >= 15 is 0 Å². The van der Waals surface area contributed by atoms with E-state index in [1.54, 1.807) is 6.07 Å². The van der Waals surface area contributed by atoms with E-state index < -0.39 is 15.8 Å². The Kier molecular flexibility index (Phi) is 3.81. The molecule has 0 fully saturated rings. The number of ether oxygens (including phenoxy) is 1. The number of ketones is 1. The lowest BCUT2D eigenvalue weighted by Gasteiger charge is -2.30. The quantitative estimate of drug-likeness (QED) is 0.809. The average molecular weight is 335 g/mol. The van der Waals surface area contributed by atoms with Gasteiger partial charge >= 0.3 is 0 Å². The fraction of sp³-hybridized carbons (Fsp3) is 0.188. The van der Waals surface area contributed by atoms with Crippen LogP contribution in [0.3, 0.4) is 0 Å². The van der Waals surface area contributed by atoms with Crippen molar-refractivity contribution in [2.45, 2.75) is 11.8 Å². The topological polar surface area (TPSA) is 63.7 Å². The molecule has 120 valence electrons. The first-order valence-electron chi connectivity index (χ1n) is 6.96. The van der Waals surface area contributed by atoms with E-state index in [1.165, 1.54) is 37.3 Å². The third-order valence-corrected chi connectivity index (χ3v) is 5.38. The van der Waals surface area contributed by atoms with Crippen LogP contribution in [0.15, 0.2) is 47.4 Å². The Bertz CT molecular complexity index is 879. The standard InChI is InChI=1S/C16H14FNO4S/c1-11(19)12-3-2-4-14(9-12)23(20,21)18-7-8-22-16-6-5-13(17)10-15(16)18/h2-6,9-10H,7-8H2,1H3. The molecule has 23 heavy (non-hydrogen) atoms. The second-order valence-corrected chi connectivity index (χ2v) is 6.98. The molecule has 2 aromatic carbocycles. The average Bonchev–Trinajstić information content (AvgIpc) is 2.54. The maximum atomic E-state index is 13.5. The molecular formula is C16H14FNO4S. The van der Waals surface area contributed by atoms with Crippen molar-refractivity contribution in [3.8, 4) is 5.75 Å². The first-order chi connectivity index (χ1) is 10.9. The molecule has 3 rings (SSSR count). The van der Waals surface area contributed by atoms with Crippen molar-refractivity contribution in [3.05, 3.63) is 53.8 Å². The Morgan fingerprint density at radius 2 is 2.00 bits per heavy atom. The normalized spacial score (nSPS) is 14.1. The van der Waals surface area contributed by atoms with Gasteiger partial charge in [-0.2, -0.15) is 0 Å². The number of carbonyl (C=O) groups is 1. The minimum Gasteiger partial charge on any atom is -0.489 e. The number of rotatable bonds is 3. The van der Waals surface area contributed by atoms with Crippen LogP contribution >= 0.6 is 0 Å². The molecule has 7 heteroatoms. The zero-order valence-corrected chi connectivity index (χ0v) is 13.1. The molecule has 0 atom stereocenters. The molecule has 1 aliphatic heterocycles. The number of benzene rings is 2. The van der Waals surface area contributed by atoms with Gasteiger partial charge in [-0.3, -0.25) is 9.10 Å². The lowest BCUT2D eigenvalue weighted by molar-refractivity contribution is 0.101. The Morgan fingerprint density at radius 1 is 1.22 bits per heavy atom. The largest absolute Gasteiger partial charge is 0.489 e. The van der Waals surface area contributed by atoms with E-state index in [-0.39, 0.29) is 29.5 Å². The molecule has 0 amide bonds. The van der Waals surface area contributed by atoms with E-state index in [4.69, 9.17) is 4.74 Å². The first kappa shape index (κ1) is 15.5. The van der Waals surface area contributed by atoms with Gasteiger partial charge in [0.25, 0.3) is 10.0 Å². The molecule has 0 saturated carbocycles. The van der Waals surface area contributed by atoms with Crippen LogP contribution in [0, 0.1) is 5.82 Å². The van der Waals surface area contributed by atoms with Gasteiger partial charge in [-0.05, 0) is 31.2 Å². The zero-order chi connectivity index (χ0) is 16.6. The molecule has 0 radical (unpaired) electrons. The lowest BCUT2D eigenvalue weighted by atomic mass is 10.2. The molecule has 0 saturated heterocycles. The number of anilines is 1. The number of carbonyl (C=O) groups excluding carboxylic acids is 1. The molecule has 0 unspecified atom stereocenters. The summed E-state index contributed by atoms with van der Waals surface area (Å²) >= 11 is 0. The highest BCUT2D eigenvalue weighted by molar-refractivity contribution is 7.92. The Balaban J connectivity index is 2.10. The van der Waals surface area contributed by atoms with Crippen LogP contribution in [0.5, 0.6) is 5.75 Å². The van der Waals surface area contributed by atoms with E-state index in [9.17, 15) is 17.6 Å². The molecule has 5 nitrogen and oxygen atoms in total. The number of sulfonamides is 1. The summed E-state index contributed by atoms with van der Waals surface area (Å²) in [5.74, 6) is -0.466. The minimum absolute atomic E-state index is 0.0117. The number of halogens is 1. The van der Waals surface area contributed by atoms with Crippen LogP contribution in [0.4, 0.5) is 10.1 Å². The zero-order valence-electron chi connectivity index (χ0n) is 12.3. The highest BCUT2D eigenvalue weighted by Gasteiger charge is 2.30. The van der Waals surface area contributed by atoms with Crippen molar-refractivity contribution >= 4 is 21.5 Å². The van der Waals surface area contributed by atoms with Gasteiger partial charge in [0.2, 0.25) is 0 Å². The van der Waals surface area contributed by atoms with Crippen LogP contribution in [0.25, 0.3) is 0 Å². The molecule has 0 aromatic heterocycles. The monoisotopic (exact) mass is 335 g/mol. The Labute approximate surface area is 133 Å². The predicted octanol–water partition coefficient (Wildman–Crippen LogP) is 2.62. The van der Waals surface area contributed by atoms with Gasteiger partial charge in [-0.25, -0.2) is 12.8 Å². The molecular weight excluding hydrogens is 321 g/mol. The smallest absolute Gasteiger partial charge is 0.264 e. The predicted molar refractivity (Wildman–Crippen MR) is 82.9 cm³/mol. The summed E-state index contributed by atoms with van der Waals surface area (Å²) in [6.45, 7) is 1.61. The van der Waals surface area contributed by atoms with Gasteiger partial charge < -0.3 is 4.74 Å². The molecule has 1 heterocycles. The fourth-order valence-electron chi connectivity index (χ4n) is 2.42. The third kappa shape index (κ3) is 2.79. The first-order valence-corrected chi connectivity index (χ1v) is 8.40. The minimum atomic E-state index is -3.91. The summed E-state index contributed by atoms with van der Waals surface area (Å²) in [6, 6.07) is 9.54. The van der Waals surface area contributed by atoms with Crippen molar-refractivity contribution < 1.29 is 22.3 Å². The van der Waals surface area contributed by atoms with E-state index in [0.29, 0.717) is 11.3 Å². The number of nitrogens with zero attached hydrogens (tertiary/aromatic N) is 1. The van der Waals surface area contributed by atoms with Crippen LogP contribution in [0.2, 0.25) is 0 Å². The maximum absolute atomic E-state index is 13.5. The summed E-state index contributed by atoms with van der Waals surface area (Å²) in [5, 5.41) is 0. The molecule has 1 aliphatic rings. The van der Waals surface area contributed by atoms with Gasteiger partial charge in [-0.1, -0.05) is 12.1 Å². The van der Waals surface area contributed by atoms with Gasteiger partial charge in [0.15, 0.2) is 5.78 Å². The highest BCUT2D eigenvalue weighted by Crippen LogP contribution is 2.35. The SMILES string of the molecule is CC(=O)c1cccc(S(=O)(=O)N2CCOc3ccc(F)cc32)c1. The summed E-state index contributed by atoms with van der Waals surface area (Å²) in [6.07, 6.45) is 0. The Morgan fingerprint density at radius 3 is 2.74 bits per heavy atom. The van der Waals surface area contributed by atoms with Crippen LogP contribution in [0.1, 0.15) is 17.3 Å². The molecule has 2 aromatic rings. The van der Waals surface area contributed by atoms with Gasteiger partial charge in [0.05, 0.1) is 17.1 Å². The summed E-state index contributed by atoms with van der Waals surface area (Å²) in [4.78, 5) is 11.5. The van der Waals surface area contributed by atoms with E-state index in [2.05, 4.69) is 0 Å². The number of fused-ring (bicyclic) bond motifs is 1. The summed E-state index contributed by atoms with van der Waals surface area (Å²) in [5.41, 5.74) is 0.461. The van der Waals surface area contributed by atoms with E-state index in [0.717, 1.165) is 10.4 Å². The Hall–Kier alpha value is -2.41. The van der Waals surface area contributed by atoms with Gasteiger partial charge in [0.1, 0.15) is 18.2 Å². The summed E-state index contributed by atoms with van der Waals surface area (Å²) in [7, 11) is -3.91. The lowest BCUT2D eigenvalue weighted by Crippen LogP contribution is -2.38. The van der Waals surface area contributed by atoms with Crippen molar-refractivity contribution in [1.29, 1.82) is 0 Å². The second-order valence-electron chi connectivity index (χ2n) is 5.12. The fourth-order valence-corrected chi connectivity index (χ4v) is 3.92. The maximum Gasteiger partial charge on any atom is 0.264 e. The molecule has 0 N–H and O–H groups in total. The molecule has 0 bridgehead atoms. The van der Waals surface area contributed by atoms with Crippen LogP contribution < -0.4 is 9.04 Å². The van der Waals surface area contributed by atoms with E-state index in [1.807, 2.05) is 0 Å². The molecule has 0 spiro atoms. The van der Waals surface area contributed by atoms with Gasteiger partial charge in [0, 0.05) is 11.6 Å². The van der Waals surface area contributed by atoms with Crippen molar-refractivity contribution in [1.82, 2.24) is 0 Å². The number of hydrogen-bond acceptors (Lipinski definition) is 4. The van der Waals surface area contributed by atoms with Gasteiger partial charge in [-0.15, -0.1) is 0 Å². The second kappa shape index (κ2) is 5.66. The summed E-state index contributed by atoms with van der Waals surface area (Å²) < 4.78 is 45.7. The molecule has 0 aliphatic carbocycles. The number of Topliss-reactive ketones (excluding diaryl/α,β-unsaturated/α-hetero) is 1. The number of hydrogen-bond donors (Lipinski definition) is 0. The third-order valence-electron chi connectivity index (χ3n) is 3.57.